The van der Waals surface area contributed by atoms with Crippen LogP contribution in [0.1, 0.15) is 22.9 Å². The van der Waals surface area contributed by atoms with Crippen molar-refractivity contribution in [3.63, 3.8) is 0 Å². The number of nitrogens with zero attached hydrogens (tertiary/aromatic N) is 4. The van der Waals surface area contributed by atoms with E-state index in [4.69, 9.17) is 9.98 Å². The zero-order chi connectivity index (χ0) is 39.6. The van der Waals surface area contributed by atoms with E-state index < -0.39 is 6.17 Å². The Kier molecular flexibility index (Phi) is 7.85. The highest BCUT2D eigenvalue weighted by Gasteiger charge is 2.24. The first-order valence-corrected chi connectivity index (χ1v) is 20.4. The molecule has 1 aliphatic rings. The van der Waals surface area contributed by atoms with Gasteiger partial charge in [-0.2, -0.15) is 0 Å². The van der Waals surface area contributed by atoms with Gasteiger partial charge >= 0.3 is 0 Å². The number of amidine groups is 2. The molecule has 12 rings (SSSR count). The summed E-state index contributed by atoms with van der Waals surface area (Å²) in [6.45, 7) is 0. The van der Waals surface area contributed by atoms with Crippen LogP contribution in [0.25, 0.3) is 76.9 Å². The van der Waals surface area contributed by atoms with E-state index in [1.54, 1.807) is 0 Å². The number of fused-ring (bicyclic) bond motifs is 7. The Labute approximate surface area is 346 Å². The van der Waals surface area contributed by atoms with Gasteiger partial charge in [0.2, 0.25) is 0 Å². The van der Waals surface area contributed by atoms with Gasteiger partial charge < -0.3 is 14.5 Å². The first-order chi connectivity index (χ1) is 29.7. The summed E-state index contributed by atoms with van der Waals surface area (Å²) < 4.78 is 4.75. The minimum Gasteiger partial charge on any atom is -0.324 e. The largest absolute Gasteiger partial charge is 0.324 e. The molecule has 0 aliphatic carbocycles. The van der Waals surface area contributed by atoms with Crippen molar-refractivity contribution in [2.24, 2.45) is 9.98 Å². The van der Waals surface area contributed by atoms with Gasteiger partial charge in [0.25, 0.3) is 0 Å². The summed E-state index contributed by atoms with van der Waals surface area (Å²) in [6, 6.07) is 75.7. The number of para-hydroxylation sites is 3. The van der Waals surface area contributed by atoms with E-state index in [1.807, 2.05) is 6.07 Å². The third-order valence-corrected chi connectivity index (χ3v) is 11.9. The summed E-state index contributed by atoms with van der Waals surface area (Å²) in [5.41, 5.74) is 12.2. The highest BCUT2D eigenvalue weighted by atomic mass is 15.2. The van der Waals surface area contributed by atoms with Crippen LogP contribution in [0.5, 0.6) is 0 Å². The first-order valence-electron chi connectivity index (χ1n) is 20.4. The summed E-state index contributed by atoms with van der Waals surface area (Å²) in [5, 5.41) is 11.0. The van der Waals surface area contributed by atoms with E-state index in [1.165, 1.54) is 38.0 Å². The number of nitrogens with one attached hydrogen (secondary N) is 1. The molecule has 3 heterocycles. The predicted molar refractivity (Wildman–Crippen MR) is 250 cm³/mol. The van der Waals surface area contributed by atoms with Gasteiger partial charge in [-0.3, -0.25) is 0 Å². The number of hydrogen-bond donors (Lipinski definition) is 1. The fourth-order valence-electron chi connectivity index (χ4n) is 9.19. The summed E-state index contributed by atoms with van der Waals surface area (Å²) in [4.78, 5) is 10.7. The van der Waals surface area contributed by atoms with Gasteiger partial charge in [0.05, 0.1) is 22.1 Å². The molecule has 11 aromatic rings. The van der Waals surface area contributed by atoms with Crippen LogP contribution in [0.2, 0.25) is 0 Å². The van der Waals surface area contributed by atoms with Crippen molar-refractivity contribution in [2.75, 3.05) is 0 Å². The van der Waals surface area contributed by atoms with Crippen molar-refractivity contribution < 1.29 is 0 Å². The highest BCUT2D eigenvalue weighted by molar-refractivity contribution is 6.24. The van der Waals surface area contributed by atoms with Crippen LogP contribution >= 0.6 is 0 Å². The van der Waals surface area contributed by atoms with E-state index in [9.17, 15) is 0 Å². The van der Waals surface area contributed by atoms with Crippen LogP contribution in [-0.2, 0) is 0 Å². The first kappa shape index (κ1) is 34.1. The standard InChI is InChI=1S/C55H37N5/c1-3-16-36(17-4-1)53-56-54(58-55(57-53)46-28-15-31-50-52(46)45-27-10-12-30-49(45)59(50)42-23-5-2-6-24-42)41-22-13-20-37(32-41)38-21-14-25-43(33-38)60-48-29-11-9-26-44(48)47-34-39-18-7-8-19-40(39)35-51(47)60/h1-35,54H,(H,56,57,58). The highest BCUT2D eigenvalue weighted by Crippen LogP contribution is 2.38. The molecule has 0 bridgehead atoms. The molecule has 282 valence electrons. The molecule has 1 N–H and O–H groups in total. The molecule has 5 heteroatoms. The molecule has 0 fully saturated rings. The van der Waals surface area contributed by atoms with Crippen LogP contribution in [0.15, 0.2) is 222 Å². The summed E-state index contributed by atoms with van der Waals surface area (Å²) in [6.07, 6.45) is -0.470. The number of aliphatic imine (C=N–C) groups is 2. The van der Waals surface area contributed by atoms with Crippen LogP contribution in [-0.4, -0.2) is 20.8 Å². The Morgan fingerprint density at radius 1 is 0.367 bits per heavy atom. The van der Waals surface area contributed by atoms with Crippen molar-refractivity contribution in [1.29, 1.82) is 0 Å². The molecule has 0 saturated carbocycles. The number of hydrogen-bond acceptors (Lipinski definition) is 3. The third-order valence-electron chi connectivity index (χ3n) is 11.9. The minimum atomic E-state index is -0.470. The molecule has 5 nitrogen and oxygen atoms in total. The number of aromatic nitrogens is 2. The third kappa shape index (κ3) is 5.55. The lowest BCUT2D eigenvalue weighted by Crippen LogP contribution is -2.36. The van der Waals surface area contributed by atoms with Crippen molar-refractivity contribution >= 4 is 66.1 Å². The molecule has 0 spiro atoms. The molecular formula is C55H37N5. The fourth-order valence-corrected chi connectivity index (χ4v) is 9.19. The second-order valence-corrected chi connectivity index (χ2v) is 15.5. The molecule has 0 saturated heterocycles. The Bertz CT molecular complexity index is 3520. The van der Waals surface area contributed by atoms with Gasteiger partial charge in [-0.05, 0) is 88.1 Å². The van der Waals surface area contributed by atoms with E-state index in [-0.39, 0.29) is 0 Å². The molecule has 60 heavy (non-hydrogen) atoms. The zero-order valence-electron chi connectivity index (χ0n) is 32.6. The quantitative estimate of drug-likeness (QED) is 0.180. The number of rotatable bonds is 6. The van der Waals surface area contributed by atoms with Crippen molar-refractivity contribution in [1.82, 2.24) is 14.5 Å². The topological polar surface area (TPSA) is 46.6 Å². The summed E-state index contributed by atoms with van der Waals surface area (Å²) in [5.74, 6) is 1.59. The Morgan fingerprint density at radius 2 is 0.933 bits per heavy atom. The minimum absolute atomic E-state index is 0.470. The summed E-state index contributed by atoms with van der Waals surface area (Å²) >= 11 is 0. The second-order valence-electron chi connectivity index (χ2n) is 15.5. The van der Waals surface area contributed by atoms with Crippen molar-refractivity contribution in [3.05, 3.63) is 229 Å². The fraction of sp³-hybridized carbons (Fsp3) is 0.0182. The SMILES string of the molecule is c1ccc(C2=NC(c3cccc(-c4cccc(-n5c6ccccc6c6cc7ccccc7cc65)c4)c3)N=C(c3cccc4c3c3ccccc3n4-c3ccccc3)N2)cc1. The molecular weight excluding hydrogens is 731 g/mol. The molecule has 0 radical (unpaired) electrons. The average molecular weight is 768 g/mol. The lowest BCUT2D eigenvalue weighted by atomic mass is 10.0. The van der Waals surface area contributed by atoms with Crippen LogP contribution in [0.3, 0.4) is 0 Å². The predicted octanol–water partition coefficient (Wildman–Crippen LogP) is 13.2. The summed E-state index contributed by atoms with van der Waals surface area (Å²) in [7, 11) is 0. The molecule has 2 aromatic heterocycles. The Morgan fingerprint density at radius 3 is 1.75 bits per heavy atom. The van der Waals surface area contributed by atoms with Gasteiger partial charge in [0.15, 0.2) is 6.17 Å². The van der Waals surface area contributed by atoms with E-state index in [2.05, 4.69) is 221 Å². The van der Waals surface area contributed by atoms with E-state index in [0.717, 1.165) is 67.3 Å². The molecule has 1 aliphatic heterocycles. The maximum absolute atomic E-state index is 5.43. The van der Waals surface area contributed by atoms with E-state index >= 15 is 0 Å². The Balaban J connectivity index is 0.994. The van der Waals surface area contributed by atoms with Crippen LogP contribution in [0, 0.1) is 0 Å². The maximum Gasteiger partial charge on any atom is 0.169 e. The zero-order valence-corrected chi connectivity index (χ0v) is 32.6. The normalized spacial score (nSPS) is 14.2. The van der Waals surface area contributed by atoms with Crippen LogP contribution < -0.4 is 5.32 Å². The lowest BCUT2D eigenvalue weighted by molar-refractivity contribution is 0.756. The van der Waals surface area contributed by atoms with Gasteiger partial charge in [-0.1, -0.05) is 152 Å². The molecule has 9 aromatic carbocycles. The number of benzene rings is 9. The van der Waals surface area contributed by atoms with E-state index in [0.29, 0.717) is 0 Å². The van der Waals surface area contributed by atoms with Crippen LogP contribution in [0.4, 0.5) is 0 Å². The van der Waals surface area contributed by atoms with Gasteiger partial charge in [0, 0.05) is 44.0 Å². The van der Waals surface area contributed by atoms with Crippen molar-refractivity contribution in [3.8, 4) is 22.5 Å². The lowest BCUT2D eigenvalue weighted by Gasteiger charge is -2.23. The van der Waals surface area contributed by atoms with Gasteiger partial charge in [0.1, 0.15) is 11.7 Å². The van der Waals surface area contributed by atoms with Crippen molar-refractivity contribution in [2.45, 2.75) is 6.17 Å². The molecule has 1 atom stereocenters. The second kappa shape index (κ2) is 13.8. The smallest absolute Gasteiger partial charge is 0.169 e. The Hall–Kier alpha value is -8.02. The maximum atomic E-state index is 5.43. The monoisotopic (exact) mass is 767 g/mol. The average Bonchev–Trinajstić information content (AvgIpc) is 3.84. The molecule has 0 amide bonds. The van der Waals surface area contributed by atoms with Gasteiger partial charge in [-0.15, -0.1) is 0 Å². The van der Waals surface area contributed by atoms with Gasteiger partial charge in [-0.25, -0.2) is 9.98 Å². The molecule has 1 unspecified atom stereocenters.